The van der Waals surface area contributed by atoms with E-state index in [-0.39, 0.29) is 0 Å². The van der Waals surface area contributed by atoms with E-state index in [1.54, 1.807) is 0 Å². The molecule has 0 saturated heterocycles. The maximum Gasteiger partial charge on any atom is 0.0716 e. The maximum absolute atomic E-state index is 5.86. The largest absolute Gasteiger partial charge is 0.377 e. The number of hydrogen-bond acceptors (Lipinski definition) is 1. The molecule has 1 heteroatoms. The zero-order valence-electron chi connectivity index (χ0n) is 19.4. The Morgan fingerprint density at radius 1 is 0.844 bits per heavy atom. The van der Waals surface area contributed by atoms with Gasteiger partial charge in [0.1, 0.15) is 0 Å². The van der Waals surface area contributed by atoms with E-state index >= 15 is 0 Å². The van der Waals surface area contributed by atoms with Crippen molar-refractivity contribution in [2.45, 2.75) is 58.0 Å². The van der Waals surface area contributed by atoms with Crippen LogP contribution in [0.1, 0.15) is 62.5 Å². The zero-order chi connectivity index (χ0) is 22.2. The van der Waals surface area contributed by atoms with E-state index in [1.807, 2.05) is 0 Å². The minimum absolute atomic E-state index is 0.631. The average molecular weight is 425 g/mol. The molecule has 1 nitrogen and oxygen atoms in total. The summed E-state index contributed by atoms with van der Waals surface area (Å²) < 4.78 is 5.86. The molecular weight excluding hydrogens is 388 g/mol. The summed E-state index contributed by atoms with van der Waals surface area (Å²) >= 11 is 0. The quantitative estimate of drug-likeness (QED) is 0.246. The number of rotatable bonds is 9. The molecule has 0 radical (unpaired) electrons. The molecule has 3 aromatic carbocycles. The van der Waals surface area contributed by atoms with Crippen LogP contribution in [0, 0.1) is 5.92 Å². The van der Waals surface area contributed by atoms with Gasteiger partial charge in [0.05, 0.1) is 6.61 Å². The van der Waals surface area contributed by atoms with Gasteiger partial charge in [-0.05, 0) is 83.7 Å². The second kappa shape index (κ2) is 11.3. The molecule has 32 heavy (non-hydrogen) atoms. The molecular formula is C31H36O. The minimum Gasteiger partial charge on any atom is -0.377 e. The lowest BCUT2D eigenvalue weighted by Crippen LogP contribution is -2.14. The van der Waals surface area contributed by atoms with Gasteiger partial charge in [-0.3, -0.25) is 0 Å². The number of benzene rings is 3. The van der Waals surface area contributed by atoms with Crippen LogP contribution in [0.3, 0.4) is 0 Å². The Morgan fingerprint density at radius 2 is 1.53 bits per heavy atom. The highest BCUT2D eigenvalue weighted by molar-refractivity contribution is 5.73. The van der Waals surface area contributed by atoms with Crippen LogP contribution < -0.4 is 0 Å². The van der Waals surface area contributed by atoms with Crippen molar-refractivity contribution in [2.75, 3.05) is 6.61 Å². The molecule has 1 aliphatic carbocycles. The molecule has 1 saturated carbocycles. The fourth-order valence-corrected chi connectivity index (χ4v) is 5.05. The first-order chi connectivity index (χ1) is 15.8. The highest BCUT2D eigenvalue weighted by Gasteiger charge is 2.24. The van der Waals surface area contributed by atoms with Crippen LogP contribution >= 0.6 is 0 Å². The van der Waals surface area contributed by atoms with Gasteiger partial charge in [0.2, 0.25) is 0 Å². The van der Waals surface area contributed by atoms with Crippen molar-refractivity contribution in [3.8, 4) is 22.3 Å². The molecule has 0 bridgehead atoms. The normalized spacial score (nSPS) is 18.4. The average Bonchev–Trinajstić information content (AvgIpc) is 2.86. The highest BCUT2D eigenvalue weighted by Crippen LogP contribution is 2.41. The lowest BCUT2D eigenvalue weighted by Gasteiger charge is -2.30. The molecule has 166 valence electrons. The monoisotopic (exact) mass is 424 g/mol. The summed E-state index contributed by atoms with van der Waals surface area (Å²) in [5, 5.41) is 0. The van der Waals surface area contributed by atoms with Crippen LogP contribution in [0.2, 0.25) is 0 Å². The predicted molar refractivity (Wildman–Crippen MR) is 137 cm³/mol. The summed E-state index contributed by atoms with van der Waals surface area (Å²) in [4.78, 5) is 0. The molecule has 0 atom stereocenters. The zero-order valence-corrected chi connectivity index (χ0v) is 19.4. The van der Waals surface area contributed by atoms with Gasteiger partial charge in [-0.15, -0.1) is 6.58 Å². The van der Waals surface area contributed by atoms with Gasteiger partial charge >= 0.3 is 0 Å². The standard InChI is InChI=1S/C31H36O/c1-3-8-24-11-14-29(15-12-24)31-22-25(23-32-21-4-2)13-20-30(31)28-18-16-27(17-19-28)26-9-6-5-7-10-26/h3,5-7,9-10,13,16-20,22,24,29H,1,4,8,11-12,14-15,21,23H2,2H3. The number of ether oxygens (including phenoxy) is 1. The molecule has 0 aromatic heterocycles. The van der Waals surface area contributed by atoms with Gasteiger partial charge in [-0.2, -0.15) is 0 Å². The topological polar surface area (TPSA) is 9.23 Å². The second-order valence-corrected chi connectivity index (χ2v) is 9.16. The third kappa shape index (κ3) is 5.58. The molecule has 0 amide bonds. The van der Waals surface area contributed by atoms with Crippen LogP contribution in [0.5, 0.6) is 0 Å². The molecule has 0 spiro atoms. The summed E-state index contributed by atoms with van der Waals surface area (Å²) in [6, 6.07) is 26.7. The predicted octanol–water partition coefficient (Wildman–Crippen LogP) is 8.80. The van der Waals surface area contributed by atoms with Crippen molar-refractivity contribution < 1.29 is 4.74 Å². The van der Waals surface area contributed by atoms with Crippen LogP contribution in [-0.4, -0.2) is 6.61 Å². The Morgan fingerprint density at radius 3 is 2.22 bits per heavy atom. The fourth-order valence-electron chi connectivity index (χ4n) is 5.05. The Hall–Kier alpha value is -2.64. The SMILES string of the molecule is C=CCC1CCC(c2cc(COCCC)ccc2-c2ccc(-c3ccccc3)cc2)CC1. The summed E-state index contributed by atoms with van der Waals surface area (Å²) in [6.07, 6.45) is 9.47. The molecule has 1 fully saturated rings. The lowest BCUT2D eigenvalue weighted by molar-refractivity contribution is 0.121. The van der Waals surface area contributed by atoms with E-state index in [4.69, 9.17) is 4.74 Å². The molecule has 0 heterocycles. The van der Waals surface area contributed by atoms with Crippen LogP contribution in [0.4, 0.5) is 0 Å². The van der Waals surface area contributed by atoms with Crippen molar-refractivity contribution in [3.05, 3.63) is 96.6 Å². The second-order valence-electron chi connectivity index (χ2n) is 9.16. The Bertz CT molecular complexity index is 979. The van der Waals surface area contributed by atoms with Crippen molar-refractivity contribution in [2.24, 2.45) is 5.92 Å². The molecule has 1 aliphatic rings. The first-order valence-corrected chi connectivity index (χ1v) is 12.3. The third-order valence-corrected chi connectivity index (χ3v) is 6.82. The van der Waals surface area contributed by atoms with Gasteiger partial charge in [0.25, 0.3) is 0 Å². The van der Waals surface area contributed by atoms with Crippen LogP contribution in [-0.2, 0) is 11.3 Å². The fraction of sp³-hybridized carbons (Fsp3) is 0.355. The Balaban J connectivity index is 1.61. The lowest BCUT2D eigenvalue weighted by atomic mass is 9.75. The van der Waals surface area contributed by atoms with Gasteiger partial charge in [-0.1, -0.05) is 85.8 Å². The third-order valence-electron chi connectivity index (χ3n) is 6.82. The van der Waals surface area contributed by atoms with E-state index in [0.29, 0.717) is 12.5 Å². The molecule has 0 N–H and O–H groups in total. The van der Waals surface area contributed by atoms with Crippen molar-refractivity contribution in [1.29, 1.82) is 0 Å². The van der Waals surface area contributed by atoms with E-state index in [9.17, 15) is 0 Å². The smallest absolute Gasteiger partial charge is 0.0716 e. The first kappa shape index (κ1) is 22.6. The number of hydrogen-bond donors (Lipinski definition) is 0. The van der Waals surface area contributed by atoms with E-state index < -0.39 is 0 Å². The molecule has 0 unspecified atom stereocenters. The maximum atomic E-state index is 5.86. The van der Waals surface area contributed by atoms with Gasteiger partial charge in [0, 0.05) is 6.61 Å². The molecule has 0 aliphatic heterocycles. The van der Waals surface area contributed by atoms with Crippen LogP contribution in [0.25, 0.3) is 22.3 Å². The Kier molecular flexibility index (Phi) is 7.96. The van der Waals surface area contributed by atoms with Gasteiger partial charge < -0.3 is 4.74 Å². The highest BCUT2D eigenvalue weighted by atomic mass is 16.5. The van der Waals surface area contributed by atoms with Crippen molar-refractivity contribution in [3.63, 3.8) is 0 Å². The van der Waals surface area contributed by atoms with Crippen molar-refractivity contribution >= 4 is 0 Å². The molecule has 3 aromatic rings. The van der Waals surface area contributed by atoms with Gasteiger partial charge in [-0.25, -0.2) is 0 Å². The van der Waals surface area contributed by atoms with E-state index in [0.717, 1.165) is 25.4 Å². The van der Waals surface area contributed by atoms with Crippen LogP contribution in [0.15, 0.2) is 85.5 Å². The summed E-state index contributed by atoms with van der Waals surface area (Å²) in [7, 11) is 0. The summed E-state index contributed by atoms with van der Waals surface area (Å²) in [6.45, 7) is 7.64. The Labute approximate surface area is 194 Å². The van der Waals surface area contributed by atoms with E-state index in [2.05, 4.69) is 92.4 Å². The summed E-state index contributed by atoms with van der Waals surface area (Å²) in [5.41, 5.74) is 8.04. The van der Waals surface area contributed by atoms with Gasteiger partial charge in [0.15, 0.2) is 0 Å². The summed E-state index contributed by atoms with van der Waals surface area (Å²) in [5.74, 6) is 1.44. The van der Waals surface area contributed by atoms with E-state index in [1.165, 1.54) is 59.1 Å². The minimum atomic E-state index is 0.631. The number of allylic oxidation sites excluding steroid dienone is 1. The first-order valence-electron chi connectivity index (χ1n) is 12.3. The van der Waals surface area contributed by atoms with Crippen molar-refractivity contribution in [1.82, 2.24) is 0 Å². The molecule has 4 rings (SSSR count).